The largest absolute Gasteiger partial charge is 0.490 e. The highest BCUT2D eigenvalue weighted by Crippen LogP contribution is 2.31. The second kappa shape index (κ2) is 10.0. The number of hydrogen-bond donors (Lipinski definition) is 2. The third-order valence-electron chi connectivity index (χ3n) is 5.43. The molecule has 0 spiro atoms. The van der Waals surface area contributed by atoms with Crippen LogP contribution >= 0.6 is 0 Å². The smallest absolute Gasteiger partial charge is 0.475 e. The second-order valence-electron chi connectivity index (χ2n) is 7.88. The van der Waals surface area contributed by atoms with Gasteiger partial charge in [0.1, 0.15) is 5.82 Å². The molecule has 4 rings (SSSR count). The van der Waals surface area contributed by atoms with Crippen LogP contribution in [0, 0.1) is 6.92 Å². The Labute approximate surface area is 188 Å². The normalized spacial score (nSPS) is 16.3. The summed E-state index contributed by atoms with van der Waals surface area (Å²) < 4.78 is 33.8. The quantitative estimate of drug-likeness (QED) is 0.613. The Balaban J connectivity index is 0.000000383. The maximum absolute atomic E-state index is 12.8. The zero-order chi connectivity index (χ0) is 24.2. The Kier molecular flexibility index (Phi) is 7.37. The summed E-state index contributed by atoms with van der Waals surface area (Å²) in [5.41, 5.74) is 3.67. The van der Waals surface area contributed by atoms with E-state index in [-0.39, 0.29) is 11.9 Å². The zero-order valence-electron chi connectivity index (χ0n) is 18.3. The summed E-state index contributed by atoms with van der Waals surface area (Å²) in [6.07, 6.45) is -0.840. The van der Waals surface area contributed by atoms with Crippen molar-refractivity contribution in [2.45, 2.75) is 38.5 Å². The average Bonchev–Trinajstić information content (AvgIpc) is 3.36. The molecule has 0 aliphatic carbocycles. The number of benzene rings is 1. The van der Waals surface area contributed by atoms with E-state index in [1.807, 2.05) is 36.5 Å². The number of likely N-dealkylation sites (tertiary alicyclic amines) is 1. The van der Waals surface area contributed by atoms with Gasteiger partial charge in [0.2, 0.25) is 0 Å². The van der Waals surface area contributed by atoms with E-state index in [1.165, 1.54) is 5.56 Å². The highest BCUT2D eigenvalue weighted by Gasteiger charge is 2.38. The van der Waals surface area contributed by atoms with Gasteiger partial charge in [-0.05, 0) is 51.1 Å². The van der Waals surface area contributed by atoms with Gasteiger partial charge in [-0.3, -0.25) is 9.69 Å². The molecule has 176 valence electrons. The van der Waals surface area contributed by atoms with Gasteiger partial charge in [0.15, 0.2) is 5.69 Å². The van der Waals surface area contributed by atoms with Gasteiger partial charge in [-0.25, -0.2) is 9.78 Å². The van der Waals surface area contributed by atoms with Crippen molar-refractivity contribution in [3.63, 3.8) is 0 Å². The monoisotopic (exact) mass is 462 g/mol. The second-order valence-corrected chi connectivity index (χ2v) is 7.88. The Morgan fingerprint density at radius 2 is 1.85 bits per heavy atom. The maximum Gasteiger partial charge on any atom is 0.490 e. The summed E-state index contributed by atoms with van der Waals surface area (Å²) in [5, 5.41) is 10.1. The van der Waals surface area contributed by atoms with E-state index in [9.17, 15) is 18.0 Å². The van der Waals surface area contributed by atoms with Crippen LogP contribution in [-0.4, -0.2) is 51.0 Å². The van der Waals surface area contributed by atoms with Crippen molar-refractivity contribution in [3.8, 4) is 0 Å². The molecule has 1 aromatic carbocycles. The third kappa shape index (κ3) is 5.89. The number of aromatic nitrogens is 2. The SMILES string of the molecule is Cc1ccc(CNC(=O)c2nc(C3CCCN3C)n3ccccc23)cc1.O=C(O)C(F)(F)F. The summed E-state index contributed by atoms with van der Waals surface area (Å²) in [6.45, 7) is 3.63. The van der Waals surface area contributed by atoms with Crippen LogP contribution in [0.15, 0.2) is 48.7 Å². The predicted octanol–water partition coefficient (Wildman–Crippen LogP) is 3.97. The number of fused-ring (bicyclic) bond motifs is 1. The van der Waals surface area contributed by atoms with Crippen molar-refractivity contribution >= 4 is 17.4 Å². The number of imidazole rings is 1. The van der Waals surface area contributed by atoms with Crippen molar-refractivity contribution < 1.29 is 27.9 Å². The molecule has 3 heterocycles. The molecule has 1 aliphatic heterocycles. The molecule has 10 heteroatoms. The molecule has 1 atom stereocenters. The number of carboxylic acid groups (broad SMARTS) is 1. The molecule has 7 nitrogen and oxygen atoms in total. The number of halogens is 3. The summed E-state index contributed by atoms with van der Waals surface area (Å²) in [7, 11) is 2.12. The van der Waals surface area contributed by atoms with Crippen molar-refractivity contribution in [1.29, 1.82) is 0 Å². The lowest BCUT2D eigenvalue weighted by atomic mass is 10.1. The van der Waals surface area contributed by atoms with Crippen molar-refractivity contribution in [2.75, 3.05) is 13.6 Å². The van der Waals surface area contributed by atoms with Gasteiger partial charge in [-0.15, -0.1) is 0 Å². The van der Waals surface area contributed by atoms with Gasteiger partial charge in [0.05, 0.1) is 11.6 Å². The number of aliphatic carboxylic acids is 1. The Hall–Kier alpha value is -3.40. The Bertz CT molecular complexity index is 1130. The van der Waals surface area contributed by atoms with Crippen LogP contribution in [-0.2, 0) is 11.3 Å². The molecule has 3 aromatic rings. The summed E-state index contributed by atoms with van der Waals surface area (Å²) in [6, 6.07) is 14.4. The molecule has 0 saturated carbocycles. The highest BCUT2D eigenvalue weighted by atomic mass is 19.4. The zero-order valence-corrected chi connectivity index (χ0v) is 18.3. The van der Waals surface area contributed by atoms with E-state index in [4.69, 9.17) is 14.9 Å². The topological polar surface area (TPSA) is 86.9 Å². The molecule has 1 unspecified atom stereocenters. The van der Waals surface area contributed by atoms with Crippen molar-refractivity contribution in [3.05, 3.63) is 71.3 Å². The number of pyridine rings is 1. The van der Waals surface area contributed by atoms with Gasteiger partial charge in [-0.2, -0.15) is 13.2 Å². The summed E-state index contributed by atoms with van der Waals surface area (Å²) in [5.74, 6) is -1.92. The van der Waals surface area contributed by atoms with Crippen LogP contribution < -0.4 is 5.32 Å². The minimum atomic E-state index is -5.08. The van der Waals surface area contributed by atoms with Crippen LogP contribution in [0.4, 0.5) is 13.2 Å². The minimum Gasteiger partial charge on any atom is -0.475 e. The first-order valence-electron chi connectivity index (χ1n) is 10.4. The van der Waals surface area contributed by atoms with E-state index in [1.54, 1.807) is 0 Å². The lowest BCUT2D eigenvalue weighted by molar-refractivity contribution is -0.192. The molecule has 2 aromatic heterocycles. The molecular formula is C23H25F3N4O3. The van der Waals surface area contributed by atoms with E-state index in [0.29, 0.717) is 12.2 Å². The fourth-order valence-electron chi connectivity index (χ4n) is 3.67. The fourth-order valence-corrected chi connectivity index (χ4v) is 3.67. The fraction of sp³-hybridized carbons (Fsp3) is 0.348. The van der Waals surface area contributed by atoms with E-state index in [2.05, 4.69) is 40.7 Å². The number of carboxylic acids is 1. The third-order valence-corrected chi connectivity index (χ3v) is 5.43. The minimum absolute atomic E-state index is 0.124. The van der Waals surface area contributed by atoms with E-state index >= 15 is 0 Å². The number of hydrogen-bond acceptors (Lipinski definition) is 4. The molecule has 1 amide bonds. The van der Waals surface area contributed by atoms with Gasteiger partial charge >= 0.3 is 12.1 Å². The van der Waals surface area contributed by atoms with Crippen LogP contribution in [0.5, 0.6) is 0 Å². The van der Waals surface area contributed by atoms with Crippen molar-refractivity contribution in [1.82, 2.24) is 19.6 Å². The maximum atomic E-state index is 12.8. The number of aryl methyl sites for hydroxylation is 1. The van der Waals surface area contributed by atoms with Gasteiger partial charge in [0.25, 0.3) is 5.91 Å². The van der Waals surface area contributed by atoms with Crippen LogP contribution in [0.1, 0.15) is 46.3 Å². The lowest BCUT2D eigenvalue weighted by Crippen LogP contribution is -2.23. The molecule has 1 saturated heterocycles. The van der Waals surface area contributed by atoms with Crippen LogP contribution in [0.3, 0.4) is 0 Å². The van der Waals surface area contributed by atoms with E-state index < -0.39 is 12.1 Å². The first-order valence-corrected chi connectivity index (χ1v) is 10.4. The number of rotatable bonds is 4. The average molecular weight is 462 g/mol. The van der Waals surface area contributed by atoms with Crippen LogP contribution in [0.25, 0.3) is 5.52 Å². The van der Waals surface area contributed by atoms with Gasteiger partial charge in [-0.1, -0.05) is 35.9 Å². The first-order chi connectivity index (χ1) is 15.6. The van der Waals surface area contributed by atoms with Gasteiger partial charge in [0, 0.05) is 12.7 Å². The Morgan fingerprint density at radius 1 is 1.18 bits per heavy atom. The lowest BCUT2D eigenvalue weighted by Gasteiger charge is -2.17. The highest BCUT2D eigenvalue weighted by molar-refractivity contribution is 5.99. The number of carbonyl (C=O) groups excluding carboxylic acids is 1. The number of nitrogens with one attached hydrogen (secondary N) is 1. The molecule has 0 bridgehead atoms. The molecule has 0 radical (unpaired) electrons. The van der Waals surface area contributed by atoms with E-state index in [0.717, 1.165) is 36.3 Å². The standard InChI is InChI=1S/C21H24N4O.C2HF3O2/c1-15-8-10-16(11-9-15)14-22-21(26)19-17-6-3-4-13-25(17)20(23-19)18-7-5-12-24(18)2;3-2(4,5)1(6)7/h3-4,6,8-11,13,18H,5,7,12,14H2,1-2H3,(H,22,26);(H,6,7). The first kappa shape index (κ1) is 24.2. The van der Waals surface area contributed by atoms with Gasteiger partial charge < -0.3 is 14.8 Å². The predicted molar refractivity (Wildman–Crippen MR) is 116 cm³/mol. The molecule has 2 N–H and O–H groups in total. The number of carbonyl (C=O) groups is 2. The molecule has 1 fully saturated rings. The molecule has 1 aliphatic rings. The summed E-state index contributed by atoms with van der Waals surface area (Å²) >= 11 is 0. The number of nitrogens with zero attached hydrogens (tertiary/aromatic N) is 3. The Morgan fingerprint density at radius 3 is 2.42 bits per heavy atom. The summed E-state index contributed by atoms with van der Waals surface area (Å²) in [4.78, 5) is 28.8. The molecule has 33 heavy (non-hydrogen) atoms. The van der Waals surface area contributed by atoms with Crippen LogP contribution in [0.2, 0.25) is 0 Å². The number of amides is 1. The molecular weight excluding hydrogens is 437 g/mol. The number of alkyl halides is 3. The van der Waals surface area contributed by atoms with Crippen molar-refractivity contribution in [2.24, 2.45) is 0 Å².